The van der Waals surface area contributed by atoms with Crippen LogP contribution in [0.25, 0.3) is 0 Å². The number of hydrogen-bond donors (Lipinski definition) is 0. The number of nitrogens with zero attached hydrogens (tertiary/aromatic N) is 4. The maximum absolute atomic E-state index is 13.2. The van der Waals surface area contributed by atoms with E-state index < -0.39 is 5.54 Å². The molecule has 1 atom stereocenters. The average molecular weight is 314 g/mol. The third kappa shape index (κ3) is 3.84. The minimum Gasteiger partial charge on any atom is -0.340 e. The number of aryl methyl sites for hydroxylation is 1. The summed E-state index contributed by atoms with van der Waals surface area (Å²) >= 11 is 0. The van der Waals surface area contributed by atoms with Crippen LogP contribution in [-0.2, 0) is 10.3 Å². The Balaban J connectivity index is 2.31. The van der Waals surface area contributed by atoms with E-state index in [1.54, 1.807) is 6.21 Å². The van der Waals surface area contributed by atoms with Crippen LogP contribution < -0.4 is 0 Å². The van der Waals surface area contributed by atoms with Crippen molar-refractivity contribution in [2.75, 3.05) is 13.1 Å². The molecule has 1 aliphatic rings. The Morgan fingerprint density at radius 3 is 2.17 bits per heavy atom. The molecule has 1 amide bonds. The lowest BCUT2D eigenvalue weighted by Crippen LogP contribution is -2.47. The van der Waals surface area contributed by atoms with Crippen LogP contribution in [-0.4, -0.2) is 30.1 Å². The van der Waals surface area contributed by atoms with Gasteiger partial charge in [-0.25, -0.2) is 0 Å². The molecule has 1 aromatic rings. The lowest BCUT2D eigenvalue weighted by atomic mass is 9.89. The van der Waals surface area contributed by atoms with Crippen molar-refractivity contribution in [3.8, 4) is 0 Å². The van der Waals surface area contributed by atoms with Gasteiger partial charge in [0.2, 0.25) is 5.54 Å². The second-order valence-electron chi connectivity index (χ2n) is 6.07. The van der Waals surface area contributed by atoms with Gasteiger partial charge < -0.3 is 4.90 Å². The Labute approximate surface area is 138 Å². The molecule has 0 fully saturated rings. The summed E-state index contributed by atoms with van der Waals surface area (Å²) in [6.07, 6.45) is 5.68. The summed E-state index contributed by atoms with van der Waals surface area (Å²) in [6.45, 7) is 7.81. The number of amides is 1. The van der Waals surface area contributed by atoms with Crippen molar-refractivity contribution in [3.63, 3.8) is 0 Å². The van der Waals surface area contributed by atoms with Gasteiger partial charge in [0.15, 0.2) is 0 Å². The number of rotatable bonds is 8. The molecular weight excluding hydrogens is 288 g/mol. The SMILES string of the molecule is CCCCN(CCCC)C(=O)C1(c2ccc(C)cc2)C=NN=N1. The number of carbonyl (C=O) groups excluding carboxylic acids is 1. The molecule has 124 valence electrons. The van der Waals surface area contributed by atoms with E-state index in [0.717, 1.165) is 49.9 Å². The molecule has 0 aliphatic carbocycles. The van der Waals surface area contributed by atoms with Gasteiger partial charge in [0, 0.05) is 13.1 Å². The molecule has 5 nitrogen and oxygen atoms in total. The number of unbranched alkanes of at least 4 members (excludes halogenated alkanes) is 2. The van der Waals surface area contributed by atoms with Crippen molar-refractivity contribution >= 4 is 12.1 Å². The summed E-state index contributed by atoms with van der Waals surface area (Å²) in [5.41, 5.74) is 0.892. The van der Waals surface area contributed by atoms with E-state index in [2.05, 4.69) is 29.3 Å². The highest BCUT2D eigenvalue weighted by Crippen LogP contribution is 2.31. The largest absolute Gasteiger partial charge is 0.340 e. The Morgan fingerprint density at radius 2 is 1.70 bits per heavy atom. The molecule has 0 saturated heterocycles. The third-order valence-electron chi connectivity index (χ3n) is 4.17. The number of hydrogen-bond acceptors (Lipinski definition) is 4. The number of carbonyl (C=O) groups is 1. The molecule has 1 aliphatic heterocycles. The first-order valence-corrected chi connectivity index (χ1v) is 8.47. The monoisotopic (exact) mass is 314 g/mol. The van der Waals surface area contributed by atoms with Gasteiger partial charge in [-0.3, -0.25) is 4.79 Å². The molecule has 0 saturated carbocycles. The normalized spacial score (nSPS) is 19.3. The lowest BCUT2D eigenvalue weighted by molar-refractivity contribution is -0.134. The van der Waals surface area contributed by atoms with Gasteiger partial charge in [0.05, 0.1) is 6.21 Å². The Bertz CT molecular complexity index is 557. The van der Waals surface area contributed by atoms with E-state index in [1.165, 1.54) is 0 Å². The molecule has 23 heavy (non-hydrogen) atoms. The summed E-state index contributed by atoms with van der Waals surface area (Å²) in [6, 6.07) is 7.88. The van der Waals surface area contributed by atoms with Crippen molar-refractivity contribution in [2.24, 2.45) is 15.4 Å². The zero-order chi connectivity index (χ0) is 16.7. The van der Waals surface area contributed by atoms with Gasteiger partial charge in [-0.15, -0.1) is 10.2 Å². The molecule has 0 bridgehead atoms. The standard InChI is InChI=1S/C18H26N4O/c1-4-6-12-22(13-7-5-2)17(23)18(14-19-21-20-18)16-10-8-15(3)9-11-16/h8-11,14H,4-7,12-13H2,1-3H3. The topological polar surface area (TPSA) is 57.4 Å². The fourth-order valence-corrected chi connectivity index (χ4v) is 2.65. The van der Waals surface area contributed by atoms with Crippen LogP contribution in [0.2, 0.25) is 0 Å². The quantitative estimate of drug-likeness (QED) is 0.713. The minimum atomic E-state index is -1.09. The van der Waals surface area contributed by atoms with Gasteiger partial charge in [0.25, 0.3) is 5.91 Å². The lowest BCUT2D eigenvalue weighted by Gasteiger charge is -2.30. The first-order chi connectivity index (χ1) is 11.1. The van der Waals surface area contributed by atoms with Crippen molar-refractivity contribution in [3.05, 3.63) is 35.4 Å². The molecule has 0 radical (unpaired) electrons. The first kappa shape index (κ1) is 17.3. The van der Waals surface area contributed by atoms with Crippen LogP contribution in [0, 0.1) is 6.92 Å². The third-order valence-corrected chi connectivity index (χ3v) is 4.17. The molecule has 2 rings (SSSR count). The molecule has 1 aromatic carbocycles. The van der Waals surface area contributed by atoms with E-state index in [4.69, 9.17) is 0 Å². The fourth-order valence-electron chi connectivity index (χ4n) is 2.65. The van der Waals surface area contributed by atoms with E-state index in [-0.39, 0.29) is 5.91 Å². The molecule has 1 heterocycles. The predicted molar refractivity (Wildman–Crippen MR) is 92.6 cm³/mol. The Hall–Kier alpha value is -2.04. The molecular formula is C18H26N4O. The maximum Gasteiger partial charge on any atom is 0.262 e. The van der Waals surface area contributed by atoms with Crippen LogP contribution in [0.4, 0.5) is 0 Å². The fraction of sp³-hybridized carbons (Fsp3) is 0.556. The van der Waals surface area contributed by atoms with Crippen LogP contribution >= 0.6 is 0 Å². The van der Waals surface area contributed by atoms with E-state index in [0.29, 0.717) is 0 Å². The first-order valence-electron chi connectivity index (χ1n) is 8.47. The zero-order valence-electron chi connectivity index (χ0n) is 14.3. The highest BCUT2D eigenvalue weighted by molar-refractivity contribution is 6.04. The van der Waals surface area contributed by atoms with Crippen molar-refractivity contribution < 1.29 is 4.79 Å². The zero-order valence-corrected chi connectivity index (χ0v) is 14.3. The molecule has 1 unspecified atom stereocenters. The maximum atomic E-state index is 13.2. The van der Waals surface area contributed by atoms with Crippen LogP contribution in [0.15, 0.2) is 39.7 Å². The molecule has 0 N–H and O–H groups in total. The van der Waals surface area contributed by atoms with E-state index in [1.807, 2.05) is 36.1 Å². The second kappa shape index (κ2) is 7.99. The van der Waals surface area contributed by atoms with Crippen molar-refractivity contribution in [1.29, 1.82) is 0 Å². The Kier molecular flexibility index (Phi) is 6.02. The van der Waals surface area contributed by atoms with Gasteiger partial charge in [0.1, 0.15) is 0 Å². The second-order valence-corrected chi connectivity index (χ2v) is 6.07. The van der Waals surface area contributed by atoms with Crippen LogP contribution in [0.5, 0.6) is 0 Å². The summed E-state index contributed by atoms with van der Waals surface area (Å²) < 4.78 is 0. The van der Waals surface area contributed by atoms with Gasteiger partial charge in [-0.1, -0.05) is 56.5 Å². The summed E-state index contributed by atoms with van der Waals surface area (Å²) in [7, 11) is 0. The van der Waals surface area contributed by atoms with E-state index in [9.17, 15) is 4.79 Å². The summed E-state index contributed by atoms with van der Waals surface area (Å²) in [4.78, 5) is 15.2. The van der Waals surface area contributed by atoms with Gasteiger partial charge in [-0.2, -0.15) is 0 Å². The summed E-state index contributed by atoms with van der Waals surface area (Å²) in [5, 5.41) is 11.8. The molecule has 5 heteroatoms. The molecule has 0 aromatic heterocycles. The predicted octanol–water partition coefficient (Wildman–Crippen LogP) is 4.07. The van der Waals surface area contributed by atoms with Gasteiger partial charge >= 0.3 is 0 Å². The Morgan fingerprint density at radius 1 is 1.09 bits per heavy atom. The van der Waals surface area contributed by atoms with Crippen LogP contribution in [0.1, 0.15) is 50.7 Å². The van der Waals surface area contributed by atoms with Crippen LogP contribution in [0.3, 0.4) is 0 Å². The minimum absolute atomic E-state index is 0.0201. The highest BCUT2D eigenvalue weighted by atomic mass is 16.2. The van der Waals surface area contributed by atoms with Crippen molar-refractivity contribution in [2.45, 2.75) is 52.0 Å². The highest BCUT2D eigenvalue weighted by Gasteiger charge is 2.44. The number of benzene rings is 1. The van der Waals surface area contributed by atoms with Gasteiger partial charge in [-0.05, 0) is 30.6 Å². The summed E-state index contributed by atoms with van der Waals surface area (Å²) in [5.74, 6) is -0.0201. The smallest absolute Gasteiger partial charge is 0.262 e. The van der Waals surface area contributed by atoms with Crippen molar-refractivity contribution in [1.82, 2.24) is 4.90 Å². The van der Waals surface area contributed by atoms with E-state index >= 15 is 0 Å². The average Bonchev–Trinajstić information content (AvgIpc) is 3.06. The molecule has 0 spiro atoms.